The fourth-order valence-electron chi connectivity index (χ4n) is 12.3. The second-order valence-corrected chi connectivity index (χ2v) is 21.1. The molecular weight excluding hydrogens is 855 g/mol. The summed E-state index contributed by atoms with van der Waals surface area (Å²) in [5.74, 6) is 0. The zero-order chi connectivity index (χ0) is 43.1. The summed E-state index contributed by atoms with van der Waals surface area (Å²) in [6, 6.07) is 85.2. The Hall–Kier alpha value is -7.08. The van der Waals surface area contributed by atoms with Crippen molar-refractivity contribution in [1.82, 2.24) is 0 Å². The van der Waals surface area contributed by atoms with Gasteiger partial charge in [0.25, 0.3) is 0 Å². The fourth-order valence-corrected chi connectivity index (χ4v) is 15.8. The maximum Gasteiger partial charge on any atom is 0.0736 e. The molecule has 4 aliphatic rings. The highest BCUT2D eigenvalue weighted by Gasteiger charge is 2.52. The molecule has 1 aromatic heterocycles. The van der Waals surface area contributed by atoms with E-state index in [-0.39, 0.29) is 0 Å². The molecule has 0 radical (unpaired) electrons. The summed E-state index contributed by atoms with van der Waals surface area (Å²) in [6.07, 6.45) is 0. The van der Waals surface area contributed by atoms with Crippen molar-refractivity contribution in [2.75, 3.05) is 4.90 Å². The van der Waals surface area contributed by atoms with Crippen LogP contribution in [0, 0.1) is 0 Å². The molecule has 66 heavy (non-hydrogen) atoms. The molecule has 2 spiro atoms. The van der Waals surface area contributed by atoms with Crippen molar-refractivity contribution in [3.63, 3.8) is 0 Å². The molecule has 0 amide bonds. The normalized spacial score (nSPS) is 14.8. The smallest absolute Gasteiger partial charge is 0.0736 e. The summed E-state index contributed by atoms with van der Waals surface area (Å²) in [5, 5.41) is 2.57. The Labute approximate surface area is 396 Å². The van der Waals surface area contributed by atoms with Gasteiger partial charge in [-0.05, 0) is 133 Å². The first-order valence-electron chi connectivity index (χ1n) is 22.7. The van der Waals surface area contributed by atoms with Crippen molar-refractivity contribution in [3.05, 3.63) is 269 Å². The van der Waals surface area contributed by atoms with Crippen LogP contribution in [0.4, 0.5) is 17.1 Å². The maximum atomic E-state index is 2.57. The SMILES string of the molecule is c1ccc2c(c1)Sc1ccccc1C21c2ccccc2-c2cc(N(c3ccc4c(c3)C3(c5ccccc5Sc5ccccc53)c3ccccc3-4)c3cccc4sc5ccccc5c34)ccc21. The van der Waals surface area contributed by atoms with Gasteiger partial charge in [-0.15, -0.1) is 11.3 Å². The molecule has 0 saturated carbocycles. The van der Waals surface area contributed by atoms with Gasteiger partial charge in [0.1, 0.15) is 0 Å². The van der Waals surface area contributed by atoms with Gasteiger partial charge in [0, 0.05) is 51.1 Å². The first-order valence-corrected chi connectivity index (χ1v) is 25.1. The minimum atomic E-state index is -0.490. The molecule has 308 valence electrons. The number of hydrogen-bond donors (Lipinski definition) is 0. The minimum absolute atomic E-state index is 0.442. The van der Waals surface area contributed by atoms with E-state index in [1.807, 2.05) is 34.9 Å². The Balaban J connectivity index is 1.03. The van der Waals surface area contributed by atoms with E-state index in [0.29, 0.717) is 0 Å². The zero-order valence-electron chi connectivity index (χ0n) is 35.5. The predicted molar refractivity (Wildman–Crippen MR) is 277 cm³/mol. The second kappa shape index (κ2) is 13.7. The molecule has 15 rings (SSSR count). The summed E-state index contributed by atoms with van der Waals surface area (Å²) >= 11 is 5.67. The van der Waals surface area contributed by atoms with Crippen LogP contribution in [-0.2, 0) is 10.8 Å². The highest BCUT2D eigenvalue weighted by molar-refractivity contribution is 7.99. The topological polar surface area (TPSA) is 3.24 Å². The van der Waals surface area contributed by atoms with Gasteiger partial charge in [0.15, 0.2) is 0 Å². The standard InChI is InChI=1S/C62H37NS3/c1-4-19-45-40(16-1)42-34-32-39(37-52(42)62(45)50-23-8-13-29-57(50)66-58-30-14-9-24-51(58)62)63(53-25-15-31-59-60(53)43-18-3-10-26-54(43)64-59)38-33-35-47-44(36-38)41-17-2-5-20-46(41)61(47)48-21-6-11-27-55(48)65-56-28-12-7-22-49(56)61/h1-37H. The Morgan fingerprint density at radius 3 is 1.36 bits per heavy atom. The van der Waals surface area contributed by atoms with Gasteiger partial charge in [0.2, 0.25) is 0 Å². The van der Waals surface area contributed by atoms with Crippen molar-refractivity contribution in [2.45, 2.75) is 30.4 Å². The number of anilines is 3. The van der Waals surface area contributed by atoms with Crippen molar-refractivity contribution >= 4 is 72.1 Å². The Morgan fingerprint density at radius 1 is 0.303 bits per heavy atom. The van der Waals surface area contributed by atoms with Gasteiger partial charge >= 0.3 is 0 Å². The molecule has 0 saturated heterocycles. The van der Waals surface area contributed by atoms with E-state index >= 15 is 0 Å². The average Bonchev–Trinajstić information content (AvgIpc) is 4.00. The first kappa shape index (κ1) is 37.2. The highest BCUT2D eigenvalue weighted by Crippen LogP contribution is 2.65. The molecule has 10 aromatic carbocycles. The van der Waals surface area contributed by atoms with Crippen LogP contribution in [0.2, 0.25) is 0 Å². The van der Waals surface area contributed by atoms with Crippen LogP contribution in [0.15, 0.2) is 244 Å². The van der Waals surface area contributed by atoms with Crippen LogP contribution < -0.4 is 4.90 Å². The number of benzene rings is 10. The molecule has 3 heterocycles. The number of hydrogen-bond acceptors (Lipinski definition) is 4. The molecule has 2 aliphatic heterocycles. The molecule has 11 aromatic rings. The van der Waals surface area contributed by atoms with Gasteiger partial charge in [0.05, 0.1) is 16.5 Å². The van der Waals surface area contributed by atoms with Gasteiger partial charge in [-0.25, -0.2) is 0 Å². The molecule has 0 unspecified atom stereocenters. The second-order valence-electron chi connectivity index (χ2n) is 17.8. The van der Waals surface area contributed by atoms with Gasteiger partial charge < -0.3 is 4.90 Å². The lowest BCUT2D eigenvalue weighted by Crippen LogP contribution is -2.32. The van der Waals surface area contributed by atoms with E-state index in [4.69, 9.17) is 0 Å². The summed E-state index contributed by atoms with van der Waals surface area (Å²) in [7, 11) is 0. The van der Waals surface area contributed by atoms with Crippen LogP contribution in [0.25, 0.3) is 42.4 Å². The third-order valence-electron chi connectivity index (χ3n) is 14.8. The molecule has 0 atom stereocenters. The lowest BCUT2D eigenvalue weighted by Gasteiger charge is -2.40. The Bertz CT molecular complexity index is 3790. The molecule has 4 heteroatoms. The number of fused-ring (bicyclic) bond motifs is 21. The number of nitrogens with zero attached hydrogens (tertiary/aromatic N) is 1. The van der Waals surface area contributed by atoms with E-state index < -0.39 is 10.8 Å². The fraction of sp³-hybridized carbons (Fsp3) is 0.0323. The van der Waals surface area contributed by atoms with Gasteiger partial charge in [-0.3, -0.25) is 0 Å². The average molecular weight is 892 g/mol. The molecule has 0 bridgehead atoms. The summed E-state index contributed by atoms with van der Waals surface area (Å²) in [5.41, 5.74) is 18.5. The maximum absolute atomic E-state index is 2.57. The van der Waals surface area contributed by atoms with Crippen LogP contribution in [-0.4, -0.2) is 0 Å². The quantitative estimate of drug-likeness (QED) is 0.174. The van der Waals surface area contributed by atoms with E-state index in [0.717, 1.165) is 11.4 Å². The van der Waals surface area contributed by atoms with E-state index in [9.17, 15) is 0 Å². The third kappa shape index (κ3) is 4.73. The van der Waals surface area contributed by atoms with Gasteiger partial charge in [-0.1, -0.05) is 181 Å². The molecular formula is C62H37NS3. The van der Waals surface area contributed by atoms with Crippen molar-refractivity contribution < 1.29 is 0 Å². The van der Waals surface area contributed by atoms with Crippen molar-refractivity contribution in [1.29, 1.82) is 0 Å². The highest BCUT2D eigenvalue weighted by atomic mass is 32.2. The monoisotopic (exact) mass is 891 g/mol. The Morgan fingerprint density at radius 2 is 0.742 bits per heavy atom. The summed E-state index contributed by atoms with van der Waals surface area (Å²) in [4.78, 5) is 7.83. The molecule has 0 N–H and O–H groups in total. The van der Waals surface area contributed by atoms with Crippen LogP contribution in [0.1, 0.15) is 44.5 Å². The van der Waals surface area contributed by atoms with E-state index in [1.54, 1.807) is 0 Å². The van der Waals surface area contributed by atoms with Crippen LogP contribution in [0.5, 0.6) is 0 Å². The first-order chi connectivity index (χ1) is 32.7. The van der Waals surface area contributed by atoms with Gasteiger partial charge in [-0.2, -0.15) is 0 Å². The number of rotatable bonds is 3. The lowest BCUT2D eigenvalue weighted by molar-refractivity contribution is 0.722. The predicted octanol–water partition coefficient (Wildman–Crippen LogP) is 17.2. The van der Waals surface area contributed by atoms with Crippen LogP contribution >= 0.6 is 34.9 Å². The summed E-state index contributed by atoms with van der Waals surface area (Å²) < 4.78 is 2.59. The van der Waals surface area contributed by atoms with E-state index in [2.05, 4.69) is 229 Å². The molecule has 1 nitrogen and oxygen atoms in total. The van der Waals surface area contributed by atoms with E-state index in [1.165, 1.54) is 112 Å². The zero-order valence-corrected chi connectivity index (χ0v) is 38.0. The molecule has 0 fully saturated rings. The lowest BCUT2D eigenvalue weighted by atomic mass is 9.67. The largest absolute Gasteiger partial charge is 0.310 e. The van der Waals surface area contributed by atoms with Crippen molar-refractivity contribution in [2.24, 2.45) is 0 Å². The van der Waals surface area contributed by atoms with Crippen LogP contribution in [0.3, 0.4) is 0 Å². The summed E-state index contributed by atoms with van der Waals surface area (Å²) in [6.45, 7) is 0. The minimum Gasteiger partial charge on any atom is -0.310 e. The third-order valence-corrected chi connectivity index (χ3v) is 18.2. The van der Waals surface area contributed by atoms with Crippen molar-refractivity contribution in [3.8, 4) is 22.3 Å². The number of thiophene rings is 1. The molecule has 2 aliphatic carbocycles. The Kier molecular flexibility index (Phi) is 7.73.